The van der Waals surface area contributed by atoms with E-state index in [9.17, 15) is 0 Å². The van der Waals surface area contributed by atoms with Crippen molar-refractivity contribution in [3.8, 4) is 0 Å². The maximum atomic E-state index is 8.92. The van der Waals surface area contributed by atoms with E-state index in [1.807, 2.05) is 0 Å². The van der Waals surface area contributed by atoms with Gasteiger partial charge < -0.3 is 5.11 Å². The lowest BCUT2D eigenvalue weighted by Crippen LogP contribution is -2.38. The van der Waals surface area contributed by atoms with E-state index in [1.165, 1.54) is 32.4 Å². The van der Waals surface area contributed by atoms with Crippen LogP contribution in [0, 0.1) is 0 Å². The number of hydrogen-bond acceptors (Lipinski definition) is 3. The molecule has 1 saturated heterocycles. The van der Waals surface area contributed by atoms with Crippen molar-refractivity contribution in [1.82, 2.24) is 9.80 Å². The zero-order chi connectivity index (χ0) is 11.1. The molecule has 0 atom stereocenters. The van der Waals surface area contributed by atoms with Gasteiger partial charge in [-0.3, -0.25) is 9.80 Å². The SMILES string of the molecule is CCC(CC)N1CCCN(CCO)CC1. The molecule has 90 valence electrons. The molecule has 0 unspecified atom stereocenters. The Bertz CT molecular complexity index is 160. The minimum atomic E-state index is 0.297. The molecule has 0 radical (unpaired) electrons. The normalized spacial score (nSPS) is 20.8. The zero-order valence-corrected chi connectivity index (χ0v) is 10.3. The highest BCUT2D eigenvalue weighted by atomic mass is 16.3. The van der Waals surface area contributed by atoms with Crippen molar-refractivity contribution < 1.29 is 5.11 Å². The van der Waals surface area contributed by atoms with E-state index < -0.39 is 0 Å². The summed E-state index contributed by atoms with van der Waals surface area (Å²) in [6.07, 6.45) is 3.77. The van der Waals surface area contributed by atoms with E-state index in [-0.39, 0.29) is 0 Å². The first-order valence-electron chi connectivity index (χ1n) is 6.39. The Hall–Kier alpha value is -0.120. The molecule has 0 saturated carbocycles. The van der Waals surface area contributed by atoms with E-state index in [2.05, 4.69) is 23.6 Å². The van der Waals surface area contributed by atoms with E-state index in [4.69, 9.17) is 5.11 Å². The van der Waals surface area contributed by atoms with Gasteiger partial charge in [-0.2, -0.15) is 0 Å². The average molecular weight is 214 g/mol. The van der Waals surface area contributed by atoms with E-state index in [0.29, 0.717) is 6.61 Å². The number of aliphatic hydroxyl groups is 1. The van der Waals surface area contributed by atoms with Gasteiger partial charge in [-0.1, -0.05) is 13.8 Å². The summed E-state index contributed by atoms with van der Waals surface area (Å²) in [5, 5.41) is 8.92. The van der Waals surface area contributed by atoms with Crippen molar-refractivity contribution in [2.45, 2.75) is 39.2 Å². The van der Waals surface area contributed by atoms with Crippen LogP contribution in [0.3, 0.4) is 0 Å². The maximum Gasteiger partial charge on any atom is 0.0558 e. The molecule has 0 bridgehead atoms. The number of rotatable bonds is 5. The number of aliphatic hydroxyl groups excluding tert-OH is 1. The lowest BCUT2D eigenvalue weighted by atomic mass is 10.1. The monoisotopic (exact) mass is 214 g/mol. The molecule has 0 aromatic rings. The predicted octanol–water partition coefficient (Wildman–Crippen LogP) is 1.18. The summed E-state index contributed by atoms with van der Waals surface area (Å²) in [7, 11) is 0. The molecule has 1 heterocycles. The molecule has 0 amide bonds. The summed E-state index contributed by atoms with van der Waals surface area (Å²) in [4.78, 5) is 5.00. The van der Waals surface area contributed by atoms with Crippen LogP contribution >= 0.6 is 0 Å². The molecule has 0 aromatic carbocycles. The van der Waals surface area contributed by atoms with Crippen LogP contribution in [0.2, 0.25) is 0 Å². The first-order valence-corrected chi connectivity index (χ1v) is 6.39. The maximum absolute atomic E-state index is 8.92. The second-order valence-electron chi connectivity index (χ2n) is 4.43. The van der Waals surface area contributed by atoms with Crippen molar-refractivity contribution in [3.63, 3.8) is 0 Å². The smallest absolute Gasteiger partial charge is 0.0558 e. The fraction of sp³-hybridized carbons (Fsp3) is 1.00. The highest BCUT2D eigenvalue weighted by Crippen LogP contribution is 2.12. The predicted molar refractivity (Wildman–Crippen MR) is 64.1 cm³/mol. The summed E-state index contributed by atoms with van der Waals surface area (Å²) in [5.41, 5.74) is 0. The first-order chi connectivity index (χ1) is 7.31. The molecule has 1 aliphatic heterocycles. The third-order valence-electron chi connectivity index (χ3n) is 3.50. The average Bonchev–Trinajstić information content (AvgIpc) is 2.47. The first kappa shape index (κ1) is 12.9. The van der Waals surface area contributed by atoms with E-state index in [0.717, 1.165) is 25.7 Å². The van der Waals surface area contributed by atoms with Crippen LogP contribution in [-0.4, -0.2) is 60.3 Å². The largest absolute Gasteiger partial charge is 0.395 e. The molecule has 0 spiro atoms. The molecule has 1 rings (SSSR count). The number of nitrogens with zero attached hydrogens (tertiary/aromatic N) is 2. The van der Waals surface area contributed by atoms with Gasteiger partial charge in [-0.15, -0.1) is 0 Å². The van der Waals surface area contributed by atoms with Gasteiger partial charge in [0.05, 0.1) is 6.61 Å². The molecule has 1 aliphatic rings. The molecule has 3 heteroatoms. The summed E-state index contributed by atoms with van der Waals surface area (Å²) in [6.45, 7) is 10.4. The molecular weight excluding hydrogens is 188 g/mol. The molecular formula is C12H26N2O. The van der Waals surface area contributed by atoms with Crippen molar-refractivity contribution in [2.24, 2.45) is 0 Å². The highest BCUT2D eigenvalue weighted by molar-refractivity contribution is 4.75. The lowest BCUT2D eigenvalue weighted by molar-refractivity contribution is 0.175. The third kappa shape index (κ3) is 4.09. The van der Waals surface area contributed by atoms with Crippen molar-refractivity contribution >= 4 is 0 Å². The molecule has 0 aromatic heterocycles. The van der Waals surface area contributed by atoms with Crippen molar-refractivity contribution in [1.29, 1.82) is 0 Å². The van der Waals surface area contributed by atoms with Gasteiger partial charge in [-0.05, 0) is 32.4 Å². The van der Waals surface area contributed by atoms with Crippen LogP contribution < -0.4 is 0 Å². The highest BCUT2D eigenvalue weighted by Gasteiger charge is 2.19. The van der Waals surface area contributed by atoms with Gasteiger partial charge in [0.1, 0.15) is 0 Å². The van der Waals surface area contributed by atoms with Gasteiger partial charge in [0.25, 0.3) is 0 Å². The molecule has 1 N–H and O–H groups in total. The second kappa shape index (κ2) is 7.20. The Morgan fingerprint density at radius 3 is 2.40 bits per heavy atom. The minimum Gasteiger partial charge on any atom is -0.395 e. The molecule has 1 fully saturated rings. The van der Waals surface area contributed by atoms with Crippen LogP contribution in [0.4, 0.5) is 0 Å². The number of β-amino-alcohol motifs (C(OH)–C–C–N with tert-alkyl or cyclic N) is 1. The van der Waals surface area contributed by atoms with Crippen LogP contribution in [0.1, 0.15) is 33.1 Å². The fourth-order valence-corrected chi connectivity index (χ4v) is 2.53. The Kier molecular flexibility index (Phi) is 6.22. The topological polar surface area (TPSA) is 26.7 Å². The van der Waals surface area contributed by atoms with Crippen LogP contribution in [0.15, 0.2) is 0 Å². The summed E-state index contributed by atoms with van der Waals surface area (Å²) >= 11 is 0. The van der Waals surface area contributed by atoms with Crippen molar-refractivity contribution in [2.75, 3.05) is 39.3 Å². The van der Waals surface area contributed by atoms with Gasteiger partial charge >= 0.3 is 0 Å². The molecule has 0 aliphatic carbocycles. The van der Waals surface area contributed by atoms with Crippen LogP contribution in [0.25, 0.3) is 0 Å². The molecule has 15 heavy (non-hydrogen) atoms. The quantitative estimate of drug-likeness (QED) is 0.744. The Labute approximate surface area is 94.1 Å². The molecule has 3 nitrogen and oxygen atoms in total. The minimum absolute atomic E-state index is 0.297. The Balaban J connectivity index is 2.37. The standard InChI is InChI=1S/C12H26N2O/c1-3-12(4-2)14-7-5-6-13(8-9-14)10-11-15/h12,15H,3-11H2,1-2H3. The summed E-state index contributed by atoms with van der Waals surface area (Å²) < 4.78 is 0. The lowest BCUT2D eigenvalue weighted by Gasteiger charge is -2.29. The van der Waals surface area contributed by atoms with Crippen molar-refractivity contribution in [3.05, 3.63) is 0 Å². The third-order valence-corrected chi connectivity index (χ3v) is 3.50. The van der Waals surface area contributed by atoms with Crippen LogP contribution in [0.5, 0.6) is 0 Å². The second-order valence-corrected chi connectivity index (χ2v) is 4.43. The summed E-state index contributed by atoms with van der Waals surface area (Å²) in [5.74, 6) is 0. The summed E-state index contributed by atoms with van der Waals surface area (Å²) in [6, 6.07) is 0.763. The Morgan fingerprint density at radius 1 is 1.07 bits per heavy atom. The van der Waals surface area contributed by atoms with Gasteiger partial charge in [0.2, 0.25) is 0 Å². The zero-order valence-electron chi connectivity index (χ0n) is 10.3. The van der Waals surface area contributed by atoms with E-state index in [1.54, 1.807) is 0 Å². The van der Waals surface area contributed by atoms with Gasteiger partial charge in [0, 0.05) is 25.7 Å². The van der Waals surface area contributed by atoms with Gasteiger partial charge in [-0.25, -0.2) is 0 Å². The Morgan fingerprint density at radius 2 is 1.80 bits per heavy atom. The van der Waals surface area contributed by atoms with Crippen LogP contribution in [-0.2, 0) is 0 Å². The van der Waals surface area contributed by atoms with E-state index >= 15 is 0 Å². The fourth-order valence-electron chi connectivity index (χ4n) is 2.53. The van der Waals surface area contributed by atoms with Gasteiger partial charge in [0.15, 0.2) is 0 Å². The number of hydrogen-bond donors (Lipinski definition) is 1.